The number of aliphatic carboxylic acids is 1. The maximum Gasteiger partial charge on any atom is 0.335 e. The SMILES string of the molecule is O=C(O)[C@@H]1OCCOC12CCCC2. The average molecular weight is 186 g/mol. The Morgan fingerprint density at radius 2 is 2.00 bits per heavy atom. The molecule has 0 radical (unpaired) electrons. The summed E-state index contributed by atoms with van der Waals surface area (Å²) in [6.07, 6.45) is 3.00. The molecule has 0 aromatic heterocycles. The van der Waals surface area contributed by atoms with Crippen molar-refractivity contribution in [1.82, 2.24) is 0 Å². The number of ether oxygens (including phenoxy) is 2. The number of carboxylic acids is 1. The van der Waals surface area contributed by atoms with Gasteiger partial charge in [-0.2, -0.15) is 0 Å². The monoisotopic (exact) mass is 186 g/mol. The van der Waals surface area contributed by atoms with Crippen molar-refractivity contribution in [3.05, 3.63) is 0 Å². The van der Waals surface area contributed by atoms with Gasteiger partial charge in [0.05, 0.1) is 13.2 Å². The van der Waals surface area contributed by atoms with Crippen LogP contribution in [-0.2, 0) is 14.3 Å². The van der Waals surface area contributed by atoms with Gasteiger partial charge in [-0.05, 0) is 12.8 Å². The van der Waals surface area contributed by atoms with Crippen LogP contribution in [0.2, 0.25) is 0 Å². The van der Waals surface area contributed by atoms with Gasteiger partial charge in [-0.3, -0.25) is 0 Å². The number of carboxylic acid groups (broad SMARTS) is 1. The van der Waals surface area contributed by atoms with E-state index in [9.17, 15) is 4.79 Å². The third kappa shape index (κ3) is 1.44. The van der Waals surface area contributed by atoms with Crippen LogP contribution in [0.3, 0.4) is 0 Å². The molecule has 1 aliphatic heterocycles. The molecular weight excluding hydrogens is 172 g/mol. The zero-order valence-corrected chi connectivity index (χ0v) is 7.49. The van der Waals surface area contributed by atoms with E-state index in [0.717, 1.165) is 25.7 Å². The van der Waals surface area contributed by atoms with E-state index in [1.54, 1.807) is 0 Å². The summed E-state index contributed by atoms with van der Waals surface area (Å²) in [7, 11) is 0. The molecule has 4 nitrogen and oxygen atoms in total. The second kappa shape index (κ2) is 3.27. The molecule has 1 atom stereocenters. The molecule has 0 aromatic rings. The summed E-state index contributed by atoms with van der Waals surface area (Å²) in [5.41, 5.74) is -0.510. The Labute approximate surface area is 76.8 Å². The molecule has 0 amide bonds. The molecule has 74 valence electrons. The Morgan fingerprint density at radius 1 is 1.31 bits per heavy atom. The fraction of sp³-hybridized carbons (Fsp3) is 0.889. The van der Waals surface area contributed by atoms with Crippen LogP contribution in [-0.4, -0.2) is 36.0 Å². The smallest absolute Gasteiger partial charge is 0.335 e. The van der Waals surface area contributed by atoms with Crippen molar-refractivity contribution in [2.45, 2.75) is 37.4 Å². The zero-order valence-electron chi connectivity index (χ0n) is 7.49. The topological polar surface area (TPSA) is 55.8 Å². The number of carbonyl (C=O) groups is 1. The van der Waals surface area contributed by atoms with Gasteiger partial charge in [0.15, 0.2) is 6.10 Å². The molecule has 0 bridgehead atoms. The highest BCUT2D eigenvalue weighted by atomic mass is 16.6. The quantitative estimate of drug-likeness (QED) is 0.658. The lowest BCUT2D eigenvalue weighted by atomic mass is 9.93. The van der Waals surface area contributed by atoms with Crippen LogP contribution in [0.1, 0.15) is 25.7 Å². The third-order valence-corrected chi connectivity index (χ3v) is 2.91. The van der Waals surface area contributed by atoms with Gasteiger partial charge in [-0.25, -0.2) is 4.79 Å². The first kappa shape index (κ1) is 8.97. The van der Waals surface area contributed by atoms with Crippen LogP contribution in [0.25, 0.3) is 0 Å². The highest BCUT2D eigenvalue weighted by molar-refractivity contribution is 5.74. The van der Waals surface area contributed by atoms with E-state index in [4.69, 9.17) is 14.6 Å². The minimum Gasteiger partial charge on any atom is -0.479 e. The summed E-state index contributed by atoms with van der Waals surface area (Å²) < 4.78 is 10.8. The lowest BCUT2D eigenvalue weighted by Gasteiger charge is -2.38. The molecule has 2 rings (SSSR count). The largest absolute Gasteiger partial charge is 0.479 e. The summed E-state index contributed by atoms with van der Waals surface area (Å²) in [5.74, 6) is -0.887. The minimum atomic E-state index is -0.887. The van der Waals surface area contributed by atoms with Crippen molar-refractivity contribution in [1.29, 1.82) is 0 Å². The molecule has 2 fully saturated rings. The maximum atomic E-state index is 10.9. The van der Waals surface area contributed by atoms with Gasteiger partial charge in [-0.15, -0.1) is 0 Å². The Bertz CT molecular complexity index is 208. The van der Waals surface area contributed by atoms with Gasteiger partial charge >= 0.3 is 5.97 Å². The van der Waals surface area contributed by atoms with Crippen LogP contribution < -0.4 is 0 Å². The number of hydrogen-bond acceptors (Lipinski definition) is 3. The molecule has 1 saturated heterocycles. The van der Waals surface area contributed by atoms with Gasteiger partial charge in [0, 0.05) is 0 Å². The van der Waals surface area contributed by atoms with Crippen molar-refractivity contribution >= 4 is 5.97 Å². The Kier molecular flexibility index (Phi) is 2.26. The Hall–Kier alpha value is -0.610. The molecule has 1 spiro atoms. The van der Waals surface area contributed by atoms with Crippen LogP contribution in [0.4, 0.5) is 0 Å². The molecule has 0 unspecified atom stereocenters. The minimum absolute atomic E-state index is 0.402. The van der Waals surface area contributed by atoms with Crippen molar-refractivity contribution < 1.29 is 19.4 Å². The van der Waals surface area contributed by atoms with E-state index in [-0.39, 0.29) is 0 Å². The molecule has 2 aliphatic rings. The van der Waals surface area contributed by atoms with Crippen molar-refractivity contribution in [3.8, 4) is 0 Å². The summed E-state index contributed by atoms with van der Waals surface area (Å²) in [6.45, 7) is 0.933. The molecule has 13 heavy (non-hydrogen) atoms. The van der Waals surface area contributed by atoms with E-state index >= 15 is 0 Å². The fourth-order valence-corrected chi connectivity index (χ4v) is 2.31. The molecule has 1 N–H and O–H groups in total. The third-order valence-electron chi connectivity index (χ3n) is 2.91. The zero-order chi connectivity index (χ0) is 9.31. The Morgan fingerprint density at radius 3 is 2.62 bits per heavy atom. The van der Waals surface area contributed by atoms with E-state index in [1.165, 1.54) is 0 Å². The van der Waals surface area contributed by atoms with Gasteiger partial charge in [0.25, 0.3) is 0 Å². The molecule has 1 aliphatic carbocycles. The van der Waals surface area contributed by atoms with E-state index in [1.807, 2.05) is 0 Å². The van der Waals surface area contributed by atoms with Gasteiger partial charge in [0.1, 0.15) is 5.60 Å². The van der Waals surface area contributed by atoms with Crippen LogP contribution in [0.5, 0.6) is 0 Å². The highest BCUT2D eigenvalue weighted by Crippen LogP contribution is 2.39. The van der Waals surface area contributed by atoms with Gasteiger partial charge in [-0.1, -0.05) is 12.8 Å². The van der Waals surface area contributed by atoms with Gasteiger partial charge < -0.3 is 14.6 Å². The fourth-order valence-electron chi connectivity index (χ4n) is 2.31. The van der Waals surface area contributed by atoms with Crippen molar-refractivity contribution in [2.24, 2.45) is 0 Å². The molecular formula is C9H14O4. The second-order valence-electron chi connectivity index (χ2n) is 3.71. The first-order chi connectivity index (χ1) is 6.25. The average Bonchev–Trinajstić information content (AvgIpc) is 2.54. The lowest BCUT2D eigenvalue weighted by molar-refractivity contribution is -0.212. The van der Waals surface area contributed by atoms with Gasteiger partial charge in [0.2, 0.25) is 0 Å². The first-order valence-electron chi connectivity index (χ1n) is 4.73. The van der Waals surface area contributed by atoms with E-state index < -0.39 is 17.7 Å². The molecule has 4 heteroatoms. The maximum absolute atomic E-state index is 10.9. The Balaban J connectivity index is 2.16. The predicted octanol–water partition coefficient (Wildman–Crippen LogP) is 0.799. The van der Waals surface area contributed by atoms with Crippen molar-refractivity contribution in [2.75, 3.05) is 13.2 Å². The molecule has 1 heterocycles. The van der Waals surface area contributed by atoms with E-state index in [0.29, 0.717) is 13.2 Å². The summed E-state index contributed by atoms with van der Waals surface area (Å²) in [4.78, 5) is 10.9. The van der Waals surface area contributed by atoms with E-state index in [2.05, 4.69) is 0 Å². The highest BCUT2D eigenvalue weighted by Gasteiger charge is 2.49. The number of hydrogen-bond donors (Lipinski definition) is 1. The summed E-state index contributed by atoms with van der Waals surface area (Å²) >= 11 is 0. The summed E-state index contributed by atoms with van der Waals surface area (Å²) in [6, 6.07) is 0. The summed E-state index contributed by atoms with van der Waals surface area (Å²) in [5, 5.41) is 8.96. The van der Waals surface area contributed by atoms with Crippen LogP contribution in [0, 0.1) is 0 Å². The first-order valence-corrected chi connectivity index (χ1v) is 4.73. The standard InChI is InChI=1S/C9H14O4/c10-8(11)7-9(3-1-2-4-9)13-6-5-12-7/h7H,1-6H2,(H,10,11)/t7-/m0/s1. The predicted molar refractivity (Wildman–Crippen MR) is 44.5 cm³/mol. The second-order valence-corrected chi connectivity index (χ2v) is 3.71. The lowest BCUT2D eigenvalue weighted by Crippen LogP contribution is -2.53. The van der Waals surface area contributed by atoms with Crippen molar-refractivity contribution in [3.63, 3.8) is 0 Å². The molecule has 1 saturated carbocycles. The normalized spacial score (nSPS) is 32.2. The van der Waals surface area contributed by atoms with Crippen LogP contribution in [0.15, 0.2) is 0 Å². The number of rotatable bonds is 1. The van der Waals surface area contributed by atoms with Crippen LogP contribution >= 0.6 is 0 Å². The molecule has 0 aromatic carbocycles.